The van der Waals surface area contributed by atoms with Gasteiger partial charge in [-0.1, -0.05) is 19.8 Å². The molecular formula is C13H27NO3. The van der Waals surface area contributed by atoms with Crippen molar-refractivity contribution in [2.24, 2.45) is 0 Å². The van der Waals surface area contributed by atoms with Gasteiger partial charge in [0.25, 0.3) is 0 Å². The van der Waals surface area contributed by atoms with Crippen LogP contribution in [0.15, 0.2) is 0 Å². The van der Waals surface area contributed by atoms with Crippen LogP contribution in [-0.4, -0.2) is 35.9 Å². The molecule has 0 saturated carbocycles. The molecule has 0 radical (unpaired) electrons. The summed E-state index contributed by atoms with van der Waals surface area (Å²) in [6, 6.07) is 0.149. The molecule has 17 heavy (non-hydrogen) atoms. The van der Waals surface area contributed by atoms with Crippen molar-refractivity contribution < 1.29 is 14.6 Å². The number of unbranched alkanes of at least 4 members (excludes halogenated alkanes) is 2. The minimum Gasteiger partial charge on any atom is -0.480 e. The van der Waals surface area contributed by atoms with E-state index in [1.54, 1.807) is 6.92 Å². The first kappa shape index (κ1) is 16.4. The number of ether oxygens (including phenoxy) is 1. The maximum atomic E-state index is 11.2. The summed E-state index contributed by atoms with van der Waals surface area (Å²) in [6.07, 6.45) is 3.89. The third kappa shape index (κ3) is 7.34. The normalized spacial score (nSPS) is 14.9. The average molecular weight is 245 g/mol. The van der Waals surface area contributed by atoms with E-state index in [1.165, 1.54) is 12.8 Å². The van der Waals surface area contributed by atoms with Crippen LogP contribution in [0.4, 0.5) is 0 Å². The largest absolute Gasteiger partial charge is 0.480 e. The number of carboxylic acid groups (broad SMARTS) is 1. The second-order valence-corrected chi connectivity index (χ2v) is 5.01. The Kier molecular flexibility index (Phi) is 8.17. The Balaban J connectivity index is 3.89. The van der Waals surface area contributed by atoms with Gasteiger partial charge in [0.05, 0.1) is 0 Å². The smallest absolute Gasteiger partial charge is 0.323 e. The van der Waals surface area contributed by atoms with Crippen molar-refractivity contribution in [3.63, 3.8) is 0 Å². The zero-order valence-electron chi connectivity index (χ0n) is 11.6. The quantitative estimate of drug-likeness (QED) is 0.580. The van der Waals surface area contributed by atoms with Gasteiger partial charge >= 0.3 is 5.97 Å². The van der Waals surface area contributed by atoms with E-state index in [1.807, 2.05) is 13.8 Å². The Hall–Kier alpha value is -0.610. The monoisotopic (exact) mass is 245 g/mol. The van der Waals surface area contributed by atoms with Crippen molar-refractivity contribution in [2.75, 3.05) is 13.2 Å². The number of aliphatic carboxylic acids is 1. The predicted molar refractivity (Wildman–Crippen MR) is 69.3 cm³/mol. The number of nitrogens with one attached hydrogen (secondary N) is 1. The Morgan fingerprint density at radius 3 is 2.47 bits per heavy atom. The van der Waals surface area contributed by atoms with E-state index in [-0.39, 0.29) is 6.04 Å². The molecule has 0 aromatic carbocycles. The van der Waals surface area contributed by atoms with Gasteiger partial charge in [-0.05, 0) is 33.6 Å². The van der Waals surface area contributed by atoms with Crippen molar-refractivity contribution >= 4 is 5.97 Å². The summed E-state index contributed by atoms with van der Waals surface area (Å²) < 4.78 is 5.46. The van der Waals surface area contributed by atoms with Gasteiger partial charge in [-0.25, -0.2) is 0 Å². The van der Waals surface area contributed by atoms with Crippen LogP contribution in [0.1, 0.15) is 53.4 Å². The summed E-state index contributed by atoms with van der Waals surface area (Å²) in [5, 5.41) is 12.3. The molecule has 0 bridgehead atoms. The van der Waals surface area contributed by atoms with Gasteiger partial charge in [0.15, 0.2) is 0 Å². The standard InChI is InChI=1S/C13H27NO3/c1-5-6-7-9-17-10-8-13(4,12(15)16)14-11(2)3/h11,14H,5-10H2,1-4H3,(H,15,16). The van der Waals surface area contributed by atoms with Crippen LogP contribution >= 0.6 is 0 Å². The van der Waals surface area contributed by atoms with Gasteiger partial charge in [-0.3, -0.25) is 10.1 Å². The molecule has 0 spiro atoms. The summed E-state index contributed by atoms with van der Waals surface area (Å²) in [5.74, 6) is -0.816. The summed E-state index contributed by atoms with van der Waals surface area (Å²) >= 11 is 0. The molecule has 2 N–H and O–H groups in total. The first-order valence-electron chi connectivity index (χ1n) is 6.51. The van der Waals surface area contributed by atoms with E-state index in [2.05, 4.69) is 12.2 Å². The van der Waals surface area contributed by atoms with Crippen LogP contribution in [0.5, 0.6) is 0 Å². The minimum atomic E-state index is -0.890. The van der Waals surface area contributed by atoms with Crippen molar-refractivity contribution in [3.05, 3.63) is 0 Å². The SMILES string of the molecule is CCCCCOCCC(C)(NC(C)C)C(=O)O. The molecule has 102 valence electrons. The number of carbonyl (C=O) groups is 1. The molecular weight excluding hydrogens is 218 g/mol. The second-order valence-electron chi connectivity index (χ2n) is 5.01. The summed E-state index contributed by atoms with van der Waals surface area (Å²) in [4.78, 5) is 11.2. The van der Waals surface area contributed by atoms with Crippen LogP contribution in [-0.2, 0) is 9.53 Å². The average Bonchev–Trinajstić information content (AvgIpc) is 2.22. The number of carboxylic acids is 1. The third-order valence-electron chi connectivity index (χ3n) is 2.72. The van der Waals surface area contributed by atoms with Crippen LogP contribution in [0.25, 0.3) is 0 Å². The van der Waals surface area contributed by atoms with Gasteiger partial charge in [-0.2, -0.15) is 0 Å². The molecule has 4 nitrogen and oxygen atoms in total. The molecule has 0 aliphatic carbocycles. The van der Waals surface area contributed by atoms with Crippen LogP contribution in [0.2, 0.25) is 0 Å². The topological polar surface area (TPSA) is 58.6 Å². The molecule has 4 heteroatoms. The first-order valence-corrected chi connectivity index (χ1v) is 6.51. The highest BCUT2D eigenvalue weighted by molar-refractivity contribution is 5.78. The fourth-order valence-electron chi connectivity index (χ4n) is 1.71. The summed E-state index contributed by atoms with van der Waals surface area (Å²) in [5.41, 5.74) is -0.890. The van der Waals surface area contributed by atoms with E-state index < -0.39 is 11.5 Å². The molecule has 0 aromatic heterocycles. The Morgan fingerprint density at radius 1 is 1.35 bits per heavy atom. The molecule has 1 unspecified atom stereocenters. The first-order chi connectivity index (χ1) is 7.92. The van der Waals surface area contributed by atoms with Crippen LogP contribution in [0, 0.1) is 0 Å². The van der Waals surface area contributed by atoms with Crippen molar-refractivity contribution in [3.8, 4) is 0 Å². The van der Waals surface area contributed by atoms with E-state index in [4.69, 9.17) is 4.74 Å². The highest BCUT2D eigenvalue weighted by Gasteiger charge is 2.32. The second kappa shape index (κ2) is 8.48. The maximum absolute atomic E-state index is 11.2. The molecule has 0 heterocycles. The lowest BCUT2D eigenvalue weighted by Gasteiger charge is -2.28. The van der Waals surface area contributed by atoms with Crippen molar-refractivity contribution in [1.82, 2.24) is 5.32 Å². The maximum Gasteiger partial charge on any atom is 0.323 e. The highest BCUT2D eigenvalue weighted by Crippen LogP contribution is 2.11. The van der Waals surface area contributed by atoms with Gasteiger partial charge in [0, 0.05) is 19.3 Å². The lowest BCUT2D eigenvalue weighted by atomic mass is 9.97. The third-order valence-corrected chi connectivity index (χ3v) is 2.72. The van der Waals surface area contributed by atoms with Crippen molar-refractivity contribution in [2.45, 2.75) is 65.0 Å². The van der Waals surface area contributed by atoms with E-state index in [0.717, 1.165) is 13.0 Å². The molecule has 0 aliphatic rings. The molecule has 0 rings (SSSR count). The predicted octanol–water partition coefficient (Wildman–Crippen LogP) is 2.42. The van der Waals surface area contributed by atoms with Crippen LogP contribution in [0.3, 0.4) is 0 Å². The molecule has 0 saturated heterocycles. The number of rotatable bonds is 10. The zero-order valence-corrected chi connectivity index (χ0v) is 11.6. The molecule has 1 atom stereocenters. The zero-order chi connectivity index (χ0) is 13.3. The van der Waals surface area contributed by atoms with E-state index in [0.29, 0.717) is 13.0 Å². The van der Waals surface area contributed by atoms with Gasteiger partial charge in [-0.15, -0.1) is 0 Å². The molecule has 0 fully saturated rings. The Labute approximate surface area is 105 Å². The Bertz CT molecular complexity index is 219. The number of hydrogen-bond donors (Lipinski definition) is 2. The minimum absolute atomic E-state index is 0.149. The van der Waals surface area contributed by atoms with E-state index in [9.17, 15) is 9.90 Å². The van der Waals surface area contributed by atoms with E-state index >= 15 is 0 Å². The van der Waals surface area contributed by atoms with Gasteiger partial charge in [0.2, 0.25) is 0 Å². The molecule has 0 aromatic rings. The highest BCUT2D eigenvalue weighted by atomic mass is 16.5. The fraction of sp³-hybridized carbons (Fsp3) is 0.923. The summed E-state index contributed by atoms with van der Waals surface area (Å²) in [6.45, 7) is 8.98. The lowest BCUT2D eigenvalue weighted by Crippen LogP contribution is -2.53. The van der Waals surface area contributed by atoms with Gasteiger partial charge in [0.1, 0.15) is 5.54 Å². The fourth-order valence-corrected chi connectivity index (χ4v) is 1.71. The molecule has 0 aliphatic heterocycles. The van der Waals surface area contributed by atoms with Crippen molar-refractivity contribution in [1.29, 1.82) is 0 Å². The number of hydrogen-bond acceptors (Lipinski definition) is 3. The molecule has 0 amide bonds. The Morgan fingerprint density at radius 2 is 2.00 bits per heavy atom. The van der Waals surface area contributed by atoms with Gasteiger partial charge < -0.3 is 9.84 Å². The summed E-state index contributed by atoms with van der Waals surface area (Å²) in [7, 11) is 0. The lowest BCUT2D eigenvalue weighted by molar-refractivity contribution is -0.145. The van der Waals surface area contributed by atoms with Crippen LogP contribution < -0.4 is 5.32 Å².